The quantitative estimate of drug-likeness (QED) is 0.905. The molecule has 2 rings (SSSR count). The number of nitrogens with zero attached hydrogens (tertiary/aromatic N) is 4. The van der Waals surface area contributed by atoms with Crippen molar-refractivity contribution in [1.82, 2.24) is 15.0 Å². The molecule has 0 aromatic carbocycles. The first kappa shape index (κ1) is 14.9. The Morgan fingerprint density at radius 3 is 2.76 bits per heavy atom. The number of carboxylic acid groups (broad SMARTS) is 1. The molecule has 21 heavy (non-hydrogen) atoms. The normalized spacial score (nSPS) is 12.0. The van der Waals surface area contributed by atoms with E-state index in [9.17, 15) is 4.79 Å². The number of rotatable bonds is 5. The van der Waals surface area contributed by atoms with Crippen LogP contribution in [0.4, 0.5) is 5.82 Å². The van der Waals surface area contributed by atoms with Crippen molar-refractivity contribution in [2.75, 3.05) is 18.5 Å². The number of pyridine rings is 1. The molecule has 0 bridgehead atoms. The summed E-state index contributed by atoms with van der Waals surface area (Å²) in [6.45, 7) is 3.94. The minimum atomic E-state index is -0.822. The van der Waals surface area contributed by atoms with Crippen molar-refractivity contribution in [3.8, 4) is 11.5 Å². The Balaban J connectivity index is 2.29. The van der Waals surface area contributed by atoms with Gasteiger partial charge < -0.3 is 10.0 Å². The molecule has 1 unspecified atom stereocenters. The summed E-state index contributed by atoms with van der Waals surface area (Å²) in [7, 11) is 1.82. The standard InChI is InChI=1S/C15H18N4O2/c1-10(15(20)21)9-19(3)13-8-11(2)17-14(18-13)12-6-4-5-7-16-12/h4-8,10H,9H2,1-3H3,(H,20,21). The van der Waals surface area contributed by atoms with Gasteiger partial charge in [0.25, 0.3) is 0 Å². The third-order valence-electron chi connectivity index (χ3n) is 3.10. The van der Waals surface area contributed by atoms with Gasteiger partial charge in [-0.25, -0.2) is 9.97 Å². The van der Waals surface area contributed by atoms with Gasteiger partial charge in [0.05, 0.1) is 5.92 Å². The van der Waals surface area contributed by atoms with Crippen molar-refractivity contribution in [1.29, 1.82) is 0 Å². The van der Waals surface area contributed by atoms with Crippen LogP contribution >= 0.6 is 0 Å². The highest BCUT2D eigenvalue weighted by Gasteiger charge is 2.16. The molecule has 0 spiro atoms. The van der Waals surface area contributed by atoms with Crippen molar-refractivity contribution in [3.63, 3.8) is 0 Å². The number of anilines is 1. The highest BCUT2D eigenvalue weighted by Crippen LogP contribution is 2.18. The fraction of sp³-hybridized carbons (Fsp3) is 0.333. The summed E-state index contributed by atoms with van der Waals surface area (Å²) in [6.07, 6.45) is 1.69. The maximum Gasteiger partial charge on any atom is 0.308 e. The summed E-state index contributed by atoms with van der Waals surface area (Å²) in [6, 6.07) is 7.39. The Hall–Kier alpha value is -2.50. The van der Waals surface area contributed by atoms with Gasteiger partial charge in [0.2, 0.25) is 0 Å². The summed E-state index contributed by atoms with van der Waals surface area (Å²) < 4.78 is 0. The molecule has 0 saturated heterocycles. The molecule has 0 amide bonds. The van der Waals surface area contributed by atoms with Crippen LogP contribution in [0.15, 0.2) is 30.5 Å². The van der Waals surface area contributed by atoms with Gasteiger partial charge >= 0.3 is 5.97 Å². The van der Waals surface area contributed by atoms with Crippen LogP contribution in [0.25, 0.3) is 11.5 Å². The highest BCUT2D eigenvalue weighted by molar-refractivity contribution is 5.70. The minimum Gasteiger partial charge on any atom is -0.481 e. The van der Waals surface area contributed by atoms with Crippen LogP contribution in [0.2, 0.25) is 0 Å². The van der Waals surface area contributed by atoms with E-state index in [0.29, 0.717) is 23.9 Å². The third kappa shape index (κ3) is 3.75. The Morgan fingerprint density at radius 1 is 1.38 bits per heavy atom. The molecule has 0 fully saturated rings. The lowest BCUT2D eigenvalue weighted by atomic mass is 10.2. The fourth-order valence-corrected chi connectivity index (χ4v) is 1.94. The minimum absolute atomic E-state index is 0.382. The van der Waals surface area contributed by atoms with Crippen LogP contribution in [0.1, 0.15) is 12.6 Å². The largest absolute Gasteiger partial charge is 0.481 e. The summed E-state index contributed by atoms with van der Waals surface area (Å²) in [5.41, 5.74) is 1.51. The molecule has 0 aliphatic heterocycles. The monoisotopic (exact) mass is 286 g/mol. The molecule has 0 aliphatic carbocycles. The number of aryl methyl sites for hydroxylation is 1. The second kappa shape index (κ2) is 6.30. The van der Waals surface area contributed by atoms with E-state index in [-0.39, 0.29) is 0 Å². The summed E-state index contributed by atoms with van der Waals surface area (Å²) in [4.78, 5) is 25.9. The Morgan fingerprint density at radius 2 is 2.14 bits per heavy atom. The zero-order valence-electron chi connectivity index (χ0n) is 12.3. The first-order valence-corrected chi connectivity index (χ1v) is 6.68. The van der Waals surface area contributed by atoms with Gasteiger partial charge in [-0.05, 0) is 19.1 Å². The molecule has 2 aromatic rings. The van der Waals surface area contributed by atoms with Crippen LogP contribution in [0.3, 0.4) is 0 Å². The molecule has 2 aromatic heterocycles. The maximum absolute atomic E-state index is 11.0. The molecule has 110 valence electrons. The Labute approximate surface area is 123 Å². The van der Waals surface area contributed by atoms with Crippen molar-refractivity contribution in [3.05, 3.63) is 36.2 Å². The van der Waals surface area contributed by atoms with Crippen LogP contribution < -0.4 is 4.90 Å². The molecule has 1 N–H and O–H groups in total. The van der Waals surface area contributed by atoms with Gasteiger partial charge in [-0.15, -0.1) is 0 Å². The van der Waals surface area contributed by atoms with Gasteiger partial charge in [0.15, 0.2) is 5.82 Å². The topological polar surface area (TPSA) is 79.2 Å². The molecule has 6 heteroatoms. The second-order valence-electron chi connectivity index (χ2n) is 5.03. The number of carbonyl (C=O) groups is 1. The molecular weight excluding hydrogens is 268 g/mol. The van der Waals surface area contributed by atoms with Crippen LogP contribution in [-0.2, 0) is 4.79 Å². The van der Waals surface area contributed by atoms with Gasteiger partial charge in [-0.3, -0.25) is 9.78 Å². The maximum atomic E-state index is 11.0. The smallest absolute Gasteiger partial charge is 0.308 e. The molecule has 6 nitrogen and oxygen atoms in total. The zero-order valence-corrected chi connectivity index (χ0v) is 12.3. The van der Waals surface area contributed by atoms with Gasteiger partial charge in [0.1, 0.15) is 11.5 Å². The van der Waals surface area contributed by atoms with Crippen molar-refractivity contribution < 1.29 is 9.90 Å². The molecule has 2 heterocycles. The number of hydrogen-bond donors (Lipinski definition) is 1. The Bertz CT molecular complexity index is 631. The summed E-state index contributed by atoms with van der Waals surface area (Å²) in [5, 5.41) is 9.00. The molecule has 0 aliphatic rings. The van der Waals surface area contributed by atoms with E-state index in [1.807, 2.05) is 43.1 Å². The van der Waals surface area contributed by atoms with Gasteiger partial charge in [-0.1, -0.05) is 13.0 Å². The summed E-state index contributed by atoms with van der Waals surface area (Å²) in [5.74, 6) is -0.0576. The number of carboxylic acids is 1. The third-order valence-corrected chi connectivity index (χ3v) is 3.10. The van der Waals surface area contributed by atoms with E-state index >= 15 is 0 Å². The lowest BCUT2D eigenvalue weighted by Crippen LogP contribution is -2.29. The van der Waals surface area contributed by atoms with E-state index in [1.165, 1.54) is 0 Å². The van der Waals surface area contributed by atoms with Crippen LogP contribution in [-0.4, -0.2) is 39.6 Å². The molecular formula is C15H18N4O2. The van der Waals surface area contributed by atoms with Crippen molar-refractivity contribution in [2.24, 2.45) is 5.92 Å². The summed E-state index contributed by atoms with van der Waals surface area (Å²) >= 11 is 0. The van der Waals surface area contributed by atoms with Crippen LogP contribution in [0.5, 0.6) is 0 Å². The highest BCUT2D eigenvalue weighted by atomic mass is 16.4. The molecule has 1 atom stereocenters. The fourth-order valence-electron chi connectivity index (χ4n) is 1.94. The molecule has 0 saturated carbocycles. The average molecular weight is 286 g/mol. The van der Waals surface area contributed by atoms with Gasteiger partial charge in [-0.2, -0.15) is 0 Å². The van der Waals surface area contributed by atoms with Crippen molar-refractivity contribution in [2.45, 2.75) is 13.8 Å². The number of hydrogen-bond acceptors (Lipinski definition) is 5. The molecule has 0 radical (unpaired) electrons. The van der Waals surface area contributed by atoms with Gasteiger partial charge in [0, 0.05) is 31.5 Å². The number of aliphatic carboxylic acids is 1. The van der Waals surface area contributed by atoms with Crippen LogP contribution in [0, 0.1) is 12.8 Å². The van der Waals surface area contributed by atoms with E-state index in [0.717, 1.165) is 5.69 Å². The first-order chi connectivity index (χ1) is 9.97. The predicted molar refractivity (Wildman–Crippen MR) is 80.1 cm³/mol. The Kier molecular flexibility index (Phi) is 4.47. The van der Waals surface area contributed by atoms with E-state index in [4.69, 9.17) is 5.11 Å². The first-order valence-electron chi connectivity index (χ1n) is 6.68. The predicted octanol–water partition coefficient (Wildman–Crippen LogP) is 2.00. The lowest BCUT2D eigenvalue weighted by Gasteiger charge is -2.21. The van der Waals surface area contributed by atoms with E-state index in [2.05, 4.69) is 15.0 Å². The van der Waals surface area contributed by atoms with Crippen molar-refractivity contribution >= 4 is 11.8 Å². The van der Waals surface area contributed by atoms with E-state index < -0.39 is 11.9 Å². The SMILES string of the molecule is Cc1cc(N(C)CC(C)C(=O)O)nc(-c2ccccn2)n1. The number of aromatic nitrogens is 3. The average Bonchev–Trinajstić information content (AvgIpc) is 2.47. The van der Waals surface area contributed by atoms with E-state index in [1.54, 1.807) is 13.1 Å². The zero-order chi connectivity index (χ0) is 15.4. The lowest BCUT2D eigenvalue weighted by molar-refractivity contribution is -0.140. The second-order valence-corrected chi connectivity index (χ2v) is 5.03.